The number of amides is 2. The van der Waals surface area contributed by atoms with Crippen molar-refractivity contribution in [3.63, 3.8) is 0 Å². The number of hydrogen-bond acceptors (Lipinski definition) is 4. The fourth-order valence-electron chi connectivity index (χ4n) is 5.08. The molecule has 5 rings (SSSR count). The van der Waals surface area contributed by atoms with Crippen molar-refractivity contribution in [1.29, 1.82) is 0 Å². The topological polar surface area (TPSA) is 95.9 Å². The molecule has 0 aromatic heterocycles. The van der Waals surface area contributed by atoms with Crippen molar-refractivity contribution in [2.75, 3.05) is 13.2 Å². The largest absolute Gasteiger partial charge is 0.481 e. The number of carbonyl (C=O) groups excluding carboxylic acids is 2. The molecular weight excluding hydrogens is 468 g/mol. The van der Waals surface area contributed by atoms with Gasteiger partial charge in [0.25, 0.3) is 0 Å². The van der Waals surface area contributed by atoms with Crippen LogP contribution in [0.4, 0.5) is 4.79 Å². The maximum absolute atomic E-state index is 13.2. The summed E-state index contributed by atoms with van der Waals surface area (Å²) >= 11 is 0. The lowest BCUT2D eigenvalue weighted by molar-refractivity contribution is -0.138. The molecular formula is C30H30N2O5. The van der Waals surface area contributed by atoms with E-state index in [1.807, 2.05) is 54.6 Å². The Morgan fingerprint density at radius 1 is 0.892 bits per heavy atom. The molecule has 0 radical (unpaired) electrons. The zero-order valence-corrected chi connectivity index (χ0v) is 20.6. The Bertz CT molecular complexity index is 1260. The molecule has 1 saturated carbocycles. The fraction of sp³-hybridized carbons (Fsp3) is 0.300. The third kappa shape index (κ3) is 5.66. The molecule has 0 aliphatic heterocycles. The van der Waals surface area contributed by atoms with E-state index in [-0.39, 0.29) is 37.8 Å². The van der Waals surface area contributed by atoms with Gasteiger partial charge >= 0.3 is 12.1 Å². The van der Waals surface area contributed by atoms with Crippen LogP contribution in [0.2, 0.25) is 0 Å². The average Bonchev–Trinajstić information content (AvgIpc) is 3.57. The molecule has 0 spiro atoms. The van der Waals surface area contributed by atoms with Crippen LogP contribution < -0.4 is 5.32 Å². The van der Waals surface area contributed by atoms with E-state index in [0.717, 1.165) is 27.8 Å². The highest BCUT2D eigenvalue weighted by molar-refractivity contribution is 5.81. The number of rotatable bonds is 10. The standard InChI is InChI=1S/C30H30N2O5/c33-27(32(17-14-28(34)35)19-21-8-2-1-3-9-21)18-30(15-16-30)31-29(36)37-20-26-24-12-6-4-10-22(24)23-11-5-7-13-25(23)26/h1-13,26H,14-20H2,(H,31,36)(H,34,35). The van der Waals surface area contributed by atoms with Gasteiger partial charge in [0.15, 0.2) is 0 Å². The van der Waals surface area contributed by atoms with Crippen LogP contribution in [0.5, 0.6) is 0 Å². The summed E-state index contributed by atoms with van der Waals surface area (Å²) in [5.41, 5.74) is 4.89. The third-order valence-corrected chi connectivity index (χ3v) is 7.22. The van der Waals surface area contributed by atoms with Crippen molar-refractivity contribution in [3.05, 3.63) is 95.6 Å². The summed E-state index contributed by atoms with van der Waals surface area (Å²) in [6.07, 6.45) is 0.809. The van der Waals surface area contributed by atoms with E-state index in [1.54, 1.807) is 4.90 Å². The zero-order chi connectivity index (χ0) is 25.8. The number of benzene rings is 3. The molecule has 0 unspecified atom stereocenters. The van der Waals surface area contributed by atoms with Crippen molar-refractivity contribution in [2.24, 2.45) is 0 Å². The molecule has 0 atom stereocenters. The van der Waals surface area contributed by atoms with Gasteiger partial charge in [0.05, 0.1) is 18.4 Å². The maximum Gasteiger partial charge on any atom is 0.407 e. The molecule has 0 heterocycles. The van der Waals surface area contributed by atoms with Gasteiger partial charge in [0.2, 0.25) is 5.91 Å². The van der Waals surface area contributed by atoms with Gasteiger partial charge in [0, 0.05) is 19.0 Å². The summed E-state index contributed by atoms with van der Waals surface area (Å²) in [7, 11) is 0. The van der Waals surface area contributed by atoms with Gasteiger partial charge in [-0.1, -0.05) is 78.9 Å². The van der Waals surface area contributed by atoms with E-state index < -0.39 is 17.6 Å². The lowest BCUT2D eigenvalue weighted by atomic mass is 9.98. The normalized spacial score (nSPS) is 14.8. The molecule has 7 heteroatoms. The van der Waals surface area contributed by atoms with Crippen LogP contribution in [-0.2, 0) is 20.9 Å². The Balaban J connectivity index is 1.20. The van der Waals surface area contributed by atoms with Gasteiger partial charge in [-0.2, -0.15) is 0 Å². The van der Waals surface area contributed by atoms with Crippen LogP contribution in [0.3, 0.4) is 0 Å². The molecule has 2 N–H and O–H groups in total. The molecule has 1 fully saturated rings. The minimum Gasteiger partial charge on any atom is -0.481 e. The summed E-state index contributed by atoms with van der Waals surface area (Å²) in [5, 5.41) is 12.1. The smallest absolute Gasteiger partial charge is 0.407 e. The number of carboxylic acid groups (broad SMARTS) is 1. The Hall–Kier alpha value is -4.13. The van der Waals surface area contributed by atoms with Crippen molar-refractivity contribution >= 4 is 18.0 Å². The number of hydrogen-bond donors (Lipinski definition) is 2. The van der Waals surface area contributed by atoms with Crippen LogP contribution >= 0.6 is 0 Å². The highest BCUT2D eigenvalue weighted by Gasteiger charge is 2.47. The number of aliphatic carboxylic acids is 1. The predicted octanol–water partition coefficient (Wildman–Crippen LogP) is 4.95. The quantitative estimate of drug-likeness (QED) is 0.412. The van der Waals surface area contributed by atoms with Crippen molar-refractivity contribution in [2.45, 2.75) is 43.7 Å². The summed E-state index contributed by atoms with van der Waals surface area (Å²) in [5.74, 6) is -1.17. The fourth-order valence-corrected chi connectivity index (χ4v) is 5.08. The molecule has 0 saturated heterocycles. The second-order valence-corrected chi connectivity index (χ2v) is 9.85. The SMILES string of the molecule is O=C(O)CCN(Cc1ccccc1)C(=O)CC1(NC(=O)OCC2c3ccccc3-c3ccccc32)CC1. The first kappa shape index (κ1) is 24.6. The number of nitrogens with one attached hydrogen (secondary N) is 1. The monoisotopic (exact) mass is 498 g/mol. The van der Waals surface area contributed by atoms with Crippen LogP contribution in [0.15, 0.2) is 78.9 Å². The van der Waals surface area contributed by atoms with Gasteiger partial charge in [0.1, 0.15) is 6.61 Å². The molecule has 190 valence electrons. The summed E-state index contributed by atoms with van der Waals surface area (Å²) in [6.45, 7) is 0.653. The van der Waals surface area contributed by atoms with E-state index in [2.05, 4.69) is 29.6 Å². The molecule has 3 aromatic rings. The summed E-state index contributed by atoms with van der Waals surface area (Å²) < 4.78 is 5.68. The second-order valence-electron chi connectivity index (χ2n) is 9.85. The molecule has 0 bridgehead atoms. The Morgan fingerprint density at radius 3 is 2.08 bits per heavy atom. The zero-order valence-electron chi connectivity index (χ0n) is 20.6. The highest BCUT2D eigenvalue weighted by atomic mass is 16.5. The molecule has 2 aliphatic rings. The van der Waals surface area contributed by atoms with Crippen LogP contribution in [0, 0.1) is 0 Å². The minimum atomic E-state index is -0.955. The molecule has 7 nitrogen and oxygen atoms in total. The summed E-state index contributed by atoms with van der Waals surface area (Å²) in [6, 6.07) is 25.8. The van der Waals surface area contributed by atoms with Gasteiger partial charge in [-0.3, -0.25) is 9.59 Å². The Labute approximate surface area is 216 Å². The van der Waals surface area contributed by atoms with E-state index in [9.17, 15) is 14.4 Å². The van der Waals surface area contributed by atoms with E-state index in [4.69, 9.17) is 9.84 Å². The Kier molecular flexibility index (Phi) is 6.95. The van der Waals surface area contributed by atoms with Crippen LogP contribution in [-0.4, -0.2) is 46.7 Å². The summed E-state index contributed by atoms with van der Waals surface area (Å²) in [4.78, 5) is 38.7. The van der Waals surface area contributed by atoms with E-state index in [0.29, 0.717) is 19.4 Å². The highest BCUT2D eigenvalue weighted by Crippen LogP contribution is 2.44. The van der Waals surface area contributed by atoms with E-state index >= 15 is 0 Å². The van der Waals surface area contributed by atoms with Crippen LogP contribution in [0.1, 0.15) is 48.3 Å². The third-order valence-electron chi connectivity index (χ3n) is 7.22. The molecule has 2 amide bonds. The molecule has 3 aromatic carbocycles. The lowest BCUT2D eigenvalue weighted by Gasteiger charge is -2.25. The van der Waals surface area contributed by atoms with Gasteiger partial charge in [-0.05, 0) is 40.7 Å². The predicted molar refractivity (Wildman–Crippen MR) is 139 cm³/mol. The van der Waals surface area contributed by atoms with Gasteiger partial charge in [-0.15, -0.1) is 0 Å². The van der Waals surface area contributed by atoms with Crippen molar-refractivity contribution in [1.82, 2.24) is 10.2 Å². The van der Waals surface area contributed by atoms with Gasteiger partial charge < -0.3 is 20.1 Å². The van der Waals surface area contributed by atoms with Crippen molar-refractivity contribution in [3.8, 4) is 11.1 Å². The number of alkyl carbamates (subject to hydrolysis) is 1. The van der Waals surface area contributed by atoms with Gasteiger partial charge in [-0.25, -0.2) is 4.79 Å². The van der Waals surface area contributed by atoms with E-state index in [1.165, 1.54) is 0 Å². The lowest BCUT2D eigenvalue weighted by Crippen LogP contribution is -2.43. The molecule has 2 aliphatic carbocycles. The number of fused-ring (bicyclic) bond motifs is 3. The Morgan fingerprint density at radius 2 is 1.49 bits per heavy atom. The molecule has 37 heavy (non-hydrogen) atoms. The first-order valence-corrected chi connectivity index (χ1v) is 12.6. The first-order chi connectivity index (χ1) is 17.9. The van der Waals surface area contributed by atoms with Crippen LogP contribution in [0.25, 0.3) is 11.1 Å². The minimum absolute atomic E-state index is 0.0349. The number of nitrogens with zero attached hydrogens (tertiary/aromatic N) is 1. The number of carboxylic acids is 1. The van der Waals surface area contributed by atoms with Crippen molar-refractivity contribution < 1.29 is 24.2 Å². The number of carbonyl (C=O) groups is 3. The second kappa shape index (κ2) is 10.5. The first-order valence-electron chi connectivity index (χ1n) is 12.6. The maximum atomic E-state index is 13.2. The average molecular weight is 499 g/mol. The number of ether oxygens (including phenoxy) is 1.